The van der Waals surface area contributed by atoms with E-state index in [1.807, 2.05) is 6.07 Å². The van der Waals surface area contributed by atoms with Gasteiger partial charge in [0.2, 0.25) is 0 Å². The highest BCUT2D eigenvalue weighted by Gasteiger charge is 2.23. The molecule has 0 spiro atoms. The number of hydrogen-bond donors (Lipinski definition) is 0. The fourth-order valence-corrected chi connectivity index (χ4v) is 1.51. The van der Waals surface area contributed by atoms with Crippen molar-refractivity contribution in [1.82, 2.24) is 0 Å². The SMILES string of the molecule is COc1ccc(Br)cc1C(C)(C)F. The lowest BCUT2D eigenvalue weighted by molar-refractivity contribution is 0.213. The zero-order valence-corrected chi connectivity index (χ0v) is 9.48. The van der Waals surface area contributed by atoms with Gasteiger partial charge in [0.1, 0.15) is 11.4 Å². The van der Waals surface area contributed by atoms with Crippen molar-refractivity contribution >= 4 is 15.9 Å². The average Bonchev–Trinajstić information content (AvgIpc) is 2.03. The summed E-state index contributed by atoms with van der Waals surface area (Å²) in [5, 5.41) is 0. The van der Waals surface area contributed by atoms with Crippen LogP contribution < -0.4 is 4.74 Å². The van der Waals surface area contributed by atoms with Crippen LogP contribution in [0, 0.1) is 0 Å². The molecule has 0 saturated heterocycles. The Morgan fingerprint density at radius 3 is 2.46 bits per heavy atom. The molecule has 0 saturated carbocycles. The van der Waals surface area contributed by atoms with Crippen LogP contribution in [-0.4, -0.2) is 7.11 Å². The summed E-state index contributed by atoms with van der Waals surface area (Å²) in [4.78, 5) is 0. The van der Waals surface area contributed by atoms with Crippen LogP contribution in [0.5, 0.6) is 5.75 Å². The van der Waals surface area contributed by atoms with Crippen LogP contribution in [-0.2, 0) is 5.67 Å². The number of methoxy groups -OCH3 is 1. The first-order chi connectivity index (χ1) is 5.95. The van der Waals surface area contributed by atoms with E-state index in [2.05, 4.69) is 15.9 Å². The molecule has 1 aromatic carbocycles. The Morgan fingerprint density at radius 1 is 1.38 bits per heavy atom. The average molecular weight is 247 g/mol. The van der Waals surface area contributed by atoms with Gasteiger partial charge in [-0.15, -0.1) is 0 Å². The molecule has 0 aliphatic rings. The lowest BCUT2D eigenvalue weighted by Crippen LogP contribution is -2.10. The second kappa shape index (κ2) is 3.66. The van der Waals surface area contributed by atoms with Crippen LogP contribution in [0.4, 0.5) is 4.39 Å². The molecular weight excluding hydrogens is 235 g/mol. The first-order valence-corrected chi connectivity index (χ1v) is 4.77. The van der Waals surface area contributed by atoms with Gasteiger partial charge in [0, 0.05) is 10.0 Å². The molecule has 0 aromatic heterocycles. The highest BCUT2D eigenvalue weighted by Crippen LogP contribution is 2.34. The Labute approximate surface area is 86.0 Å². The van der Waals surface area contributed by atoms with E-state index in [1.54, 1.807) is 19.2 Å². The van der Waals surface area contributed by atoms with Crippen molar-refractivity contribution in [2.75, 3.05) is 7.11 Å². The van der Waals surface area contributed by atoms with Crippen molar-refractivity contribution < 1.29 is 9.13 Å². The zero-order valence-electron chi connectivity index (χ0n) is 7.90. The van der Waals surface area contributed by atoms with Crippen LogP contribution in [0.15, 0.2) is 22.7 Å². The van der Waals surface area contributed by atoms with Gasteiger partial charge < -0.3 is 4.74 Å². The maximum absolute atomic E-state index is 13.6. The summed E-state index contributed by atoms with van der Waals surface area (Å²) in [7, 11) is 1.54. The molecule has 1 aromatic rings. The lowest BCUT2D eigenvalue weighted by Gasteiger charge is -2.18. The van der Waals surface area contributed by atoms with Crippen molar-refractivity contribution in [3.63, 3.8) is 0 Å². The predicted molar refractivity (Wildman–Crippen MR) is 54.8 cm³/mol. The molecule has 0 unspecified atom stereocenters. The molecule has 0 radical (unpaired) electrons. The maximum Gasteiger partial charge on any atom is 0.134 e. The quantitative estimate of drug-likeness (QED) is 0.774. The van der Waals surface area contributed by atoms with Gasteiger partial charge in [-0.05, 0) is 32.0 Å². The number of ether oxygens (including phenoxy) is 1. The number of rotatable bonds is 2. The van der Waals surface area contributed by atoms with Crippen molar-refractivity contribution in [2.24, 2.45) is 0 Å². The minimum absolute atomic E-state index is 0.560. The van der Waals surface area contributed by atoms with Gasteiger partial charge in [-0.1, -0.05) is 15.9 Å². The minimum atomic E-state index is -1.38. The summed E-state index contributed by atoms with van der Waals surface area (Å²) in [6.07, 6.45) is 0. The molecule has 1 rings (SSSR count). The molecule has 0 aliphatic heterocycles. The summed E-state index contributed by atoms with van der Waals surface area (Å²) >= 11 is 3.30. The number of hydrogen-bond acceptors (Lipinski definition) is 1. The van der Waals surface area contributed by atoms with Crippen molar-refractivity contribution in [3.8, 4) is 5.75 Å². The Balaban J connectivity index is 3.24. The summed E-state index contributed by atoms with van der Waals surface area (Å²) in [5.41, 5.74) is -0.820. The maximum atomic E-state index is 13.6. The van der Waals surface area contributed by atoms with E-state index >= 15 is 0 Å². The Hall–Kier alpha value is -0.570. The highest BCUT2D eigenvalue weighted by molar-refractivity contribution is 9.10. The van der Waals surface area contributed by atoms with Gasteiger partial charge in [-0.25, -0.2) is 4.39 Å². The Bertz CT molecular complexity index is 304. The van der Waals surface area contributed by atoms with Gasteiger partial charge >= 0.3 is 0 Å². The van der Waals surface area contributed by atoms with Gasteiger partial charge in [-0.2, -0.15) is 0 Å². The highest BCUT2D eigenvalue weighted by atomic mass is 79.9. The molecule has 0 heterocycles. The summed E-state index contributed by atoms with van der Waals surface area (Å²) in [5.74, 6) is 0.579. The molecule has 72 valence electrons. The van der Waals surface area contributed by atoms with E-state index in [1.165, 1.54) is 13.8 Å². The van der Waals surface area contributed by atoms with Crippen molar-refractivity contribution in [2.45, 2.75) is 19.5 Å². The number of alkyl halides is 1. The van der Waals surface area contributed by atoms with E-state index in [9.17, 15) is 4.39 Å². The number of halogens is 2. The molecule has 13 heavy (non-hydrogen) atoms. The van der Waals surface area contributed by atoms with Crippen molar-refractivity contribution in [1.29, 1.82) is 0 Å². The number of benzene rings is 1. The second-order valence-electron chi connectivity index (χ2n) is 3.32. The molecule has 0 bridgehead atoms. The smallest absolute Gasteiger partial charge is 0.134 e. The first-order valence-electron chi connectivity index (χ1n) is 3.98. The van der Waals surface area contributed by atoms with Crippen LogP contribution in [0.1, 0.15) is 19.4 Å². The molecule has 0 amide bonds. The largest absolute Gasteiger partial charge is 0.496 e. The molecule has 3 heteroatoms. The van der Waals surface area contributed by atoms with Crippen molar-refractivity contribution in [3.05, 3.63) is 28.2 Å². The van der Waals surface area contributed by atoms with E-state index in [0.29, 0.717) is 11.3 Å². The topological polar surface area (TPSA) is 9.23 Å². The Morgan fingerprint density at radius 2 is 2.00 bits per heavy atom. The van der Waals surface area contributed by atoms with Crippen LogP contribution in [0.3, 0.4) is 0 Å². The summed E-state index contributed by atoms with van der Waals surface area (Å²) in [6.45, 7) is 3.02. The second-order valence-corrected chi connectivity index (χ2v) is 4.23. The molecule has 0 aliphatic carbocycles. The predicted octanol–water partition coefficient (Wildman–Crippen LogP) is 3.66. The van der Waals surface area contributed by atoms with Crippen LogP contribution in [0.2, 0.25) is 0 Å². The lowest BCUT2D eigenvalue weighted by atomic mass is 9.99. The van der Waals surface area contributed by atoms with E-state index in [4.69, 9.17) is 4.74 Å². The molecule has 0 N–H and O–H groups in total. The third-order valence-corrected chi connectivity index (χ3v) is 2.30. The first kappa shape index (κ1) is 10.5. The monoisotopic (exact) mass is 246 g/mol. The normalized spacial score (nSPS) is 11.5. The fraction of sp³-hybridized carbons (Fsp3) is 0.400. The third-order valence-electron chi connectivity index (χ3n) is 1.80. The van der Waals surface area contributed by atoms with E-state index < -0.39 is 5.67 Å². The van der Waals surface area contributed by atoms with Crippen LogP contribution in [0.25, 0.3) is 0 Å². The van der Waals surface area contributed by atoms with Gasteiger partial charge in [-0.3, -0.25) is 0 Å². The molecular formula is C10H12BrFO. The van der Waals surface area contributed by atoms with Gasteiger partial charge in [0.15, 0.2) is 0 Å². The molecule has 1 nitrogen and oxygen atoms in total. The van der Waals surface area contributed by atoms with E-state index in [-0.39, 0.29) is 0 Å². The van der Waals surface area contributed by atoms with E-state index in [0.717, 1.165) is 4.47 Å². The van der Waals surface area contributed by atoms with Crippen LogP contribution >= 0.6 is 15.9 Å². The zero-order chi connectivity index (χ0) is 10.1. The Kier molecular flexibility index (Phi) is 2.96. The molecule has 0 atom stereocenters. The molecule has 0 fully saturated rings. The third kappa shape index (κ3) is 2.44. The fourth-order valence-electron chi connectivity index (χ4n) is 1.14. The van der Waals surface area contributed by atoms with Gasteiger partial charge in [0.05, 0.1) is 7.11 Å². The minimum Gasteiger partial charge on any atom is -0.496 e. The summed E-state index contributed by atoms with van der Waals surface area (Å²) in [6, 6.07) is 5.31. The van der Waals surface area contributed by atoms with Gasteiger partial charge in [0.25, 0.3) is 0 Å². The summed E-state index contributed by atoms with van der Waals surface area (Å²) < 4.78 is 19.6. The standard InChI is InChI=1S/C10H12BrFO/c1-10(2,12)8-6-7(11)4-5-9(8)13-3/h4-6H,1-3H3.